The molecule has 0 aliphatic heterocycles. The minimum atomic E-state index is -1.15. The van der Waals surface area contributed by atoms with Gasteiger partial charge in [0.15, 0.2) is 0 Å². The van der Waals surface area contributed by atoms with Crippen molar-refractivity contribution in [1.82, 2.24) is 0 Å². The zero-order chi connectivity index (χ0) is 14.1. The van der Waals surface area contributed by atoms with E-state index in [1.54, 1.807) is 7.11 Å². The molecule has 106 valence electrons. The lowest BCUT2D eigenvalue weighted by Gasteiger charge is -2.09. The Kier molecular flexibility index (Phi) is 6.84. The molecule has 1 aromatic rings. The van der Waals surface area contributed by atoms with E-state index in [0.29, 0.717) is 26.2 Å². The lowest BCUT2D eigenvalue weighted by atomic mass is 10.2. The van der Waals surface area contributed by atoms with Crippen molar-refractivity contribution in [3.05, 3.63) is 29.6 Å². The van der Waals surface area contributed by atoms with Crippen LogP contribution in [0.5, 0.6) is 5.75 Å². The first kappa shape index (κ1) is 15.4. The molecule has 1 aromatic carbocycles. The Labute approximate surface area is 110 Å². The molecule has 0 heterocycles. The van der Waals surface area contributed by atoms with E-state index < -0.39 is 11.8 Å². The van der Waals surface area contributed by atoms with Gasteiger partial charge in [0.1, 0.15) is 17.1 Å². The van der Waals surface area contributed by atoms with Crippen LogP contribution in [0.15, 0.2) is 18.2 Å². The molecule has 0 saturated carbocycles. The van der Waals surface area contributed by atoms with Crippen molar-refractivity contribution in [2.45, 2.75) is 6.42 Å². The van der Waals surface area contributed by atoms with Crippen molar-refractivity contribution in [2.75, 3.05) is 33.5 Å². The van der Waals surface area contributed by atoms with Gasteiger partial charge in [-0.3, -0.25) is 0 Å². The Morgan fingerprint density at radius 2 is 2.05 bits per heavy atom. The number of methoxy groups -OCH3 is 1. The van der Waals surface area contributed by atoms with Crippen LogP contribution in [0.1, 0.15) is 16.8 Å². The zero-order valence-corrected chi connectivity index (χ0v) is 10.7. The highest BCUT2D eigenvalue weighted by atomic mass is 19.1. The first-order valence-electron chi connectivity index (χ1n) is 5.87. The lowest BCUT2D eigenvalue weighted by Crippen LogP contribution is -2.09. The summed E-state index contributed by atoms with van der Waals surface area (Å²) in [5.74, 6) is -1.65. The monoisotopic (exact) mass is 272 g/mol. The molecular weight excluding hydrogens is 255 g/mol. The van der Waals surface area contributed by atoms with Crippen molar-refractivity contribution >= 4 is 5.97 Å². The van der Waals surface area contributed by atoms with Crippen LogP contribution in [0.25, 0.3) is 0 Å². The van der Waals surface area contributed by atoms with Crippen LogP contribution in [0, 0.1) is 5.82 Å². The molecule has 0 unspecified atom stereocenters. The summed E-state index contributed by atoms with van der Waals surface area (Å²) in [6.45, 7) is 1.75. The number of carbonyl (C=O) groups is 1. The standard InChI is InChI=1S/C13H17FO5/c1-17-7-8-18-5-2-6-19-12-9-10(14)3-4-11(12)13(15)16/h3-4,9H,2,5-8H2,1H3,(H,15,16). The van der Waals surface area contributed by atoms with Crippen molar-refractivity contribution in [1.29, 1.82) is 0 Å². The minimum Gasteiger partial charge on any atom is -0.492 e. The average molecular weight is 272 g/mol. The maximum absolute atomic E-state index is 13.0. The molecular formula is C13H17FO5. The Balaban J connectivity index is 2.36. The molecule has 5 nitrogen and oxygen atoms in total. The maximum Gasteiger partial charge on any atom is 0.339 e. The summed E-state index contributed by atoms with van der Waals surface area (Å²) in [7, 11) is 1.59. The molecule has 0 amide bonds. The lowest BCUT2D eigenvalue weighted by molar-refractivity contribution is 0.0637. The van der Waals surface area contributed by atoms with Crippen molar-refractivity contribution in [3.63, 3.8) is 0 Å². The van der Waals surface area contributed by atoms with Crippen LogP contribution >= 0.6 is 0 Å². The third-order valence-electron chi connectivity index (χ3n) is 2.30. The zero-order valence-electron chi connectivity index (χ0n) is 10.7. The highest BCUT2D eigenvalue weighted by molar-refractivity contribution is 5.90. The number of rotatable bonds is 9. The number of carboxylic acid groups (broad SMARTS) is 1. The topological polar surface area (TPSA) is 65.0 Å². The third-order valence-corrected chi connectivity index (χ3v) is 2.30. The van der Waals surface area contributed by atoms with E-state index in [1.807, 2.05) is 0 Å². The Bertz CT molecular complexity index is 408. The van der Waals surface area contributed by atoms with Crippen LogP contribution in [0.4, 0.5) is 4.39 Å². The number of hydrogen-bond acceptors (Lipinski definition) is 4. The second kappa shape index (κ2) is 8.44. The molecule has 0 saturated heterocycles. The molecule has 0 aromatic heterocycles. The Hall–Kier alpha value is -1.66. The Morgan fingerprint density at radius 3 is 2.74 bits per heavy atom. The van der Waals surface area contributed by atoms with Crippen molar-refractivity contribution < 1.29 is 28.5 Å². The van der Waals surface area contributed by atoms with Crippen LogP contribution in [-0.2, 0) is 9.47 Å². The summed E-state index contributed by atoms with van der Waals surface area (Å²) in [5.41, 5.74) is -0.0540. The molecule has 0 fully saturated rings. The quantitative estimate of drug-likeness (QED) is 0.696. The van der Waals surface area contributed by atoms with E-state index in [4.69, 9.17) is 19.3 Å². The normalized spacial score (nSPS) is 10.4. The fourth-order valence-electron chi connectivity index (χ4n) is 1.38. The van der Waals surface area contributed by atoms with E-state index in [2.05, 4.69) is 0 Å². The van der Waals surface area contributed by atoms with Gasteiger partial charge in [0.25, 0.3) is 0 Å². The number of aromatic carboxylic acids is 1. The summed E-state index contributed by atoms with van der Waals surface area (Å²) in [6.07, 6.45) is 0.583. The second-order valence-electron chi connectivity index (χ2n) is 3.75. The smallest absolute Gasteiger partial charge is 0.339 e. The first-order chi connectivity index (χ1) is 9.15. The van der Waals surface area contributed by atoms with Crippen molar-refractivity contribution in [2.24, 2.45) is 0 Å². The van der Waals surface area contributed by atoms with Gasteiger partial charge in [0.05, 0.1) is 19.8 Å². The maximum atomic E-state index is 13.0. The second-order valence-corrected chi connectivity index (χ2v) is 3.75. The molecule has 0 bridgehead atoms. The van der Waals surface area contributed by atoms with Gasteiger partial charge in [-0.1, -0.05) is 0 Å². The van der Waals surface area contributed by atoms with Crippen LogP contribution < -0.4 is 4.74 Å². The number of ether oxygens (including phenoxy) is 3. The fourth-order valence-corrected chi connectivity index (χ4v) is 1.38. The first-order valence-corrected chi connectivity index (χ1v) is 5.87. The highest BCUT2D eigenvalue weighted by Gasteiger charge is 2.11. The van der Waals surface area contributed by atoms with Gasteiger partial charge in [-0.2, -0.15) is 0 Å². The van der Waals surface area contributed by atoms with Crippen molar-refractivity contribution in [3.8, 4) is 5.75 Å². The van der Waals surface area contributed by atoms with Gasteiger partial charge in [-0.25, -0.2) is 9.18 Å². The summed E-state index contributed by atoms with van der Waals surface area (Å²) in [6, 6.07) is 3.33. The predicted octanol–water partition coefficient (Wildman–Crippen LogP) is 1.96. The average Bonchev–Trinajstić information content (AvgIpc) is 2.37. The summed E-state index contributed by atoms with van der Waals surface area (Å²) < 4.78 is 28.3. The molecule has 1 rings (SSSR count). The van der Waals surface area contributed by atoms with Gasteiger partial charge in [-0.05, 0) is 12.1 Å². The molecule has 0 atom stereocenters. The van der Waals surface area contributed by atoms with E-state index in [0.717, 1.165) is 12.1 Å². The molecule has 6 heteroatoms. The molecule has 19 heavy (non-hydrogen) atoms. The molecule has 1 N–H and O–H groups in total. The van der Waals surface area contributed by atoms with Gasteiger partial charge in [0.2, 0.25) is 0 Å². The van der Waals surface area contributed by atoms with Gasteiger partial charge in [-0.15, -0.1) is 0 Å². The van der Waals surface area contributed by atoms with Gasteiger partial charge < -0.3 is 19.3 Å². The molecule has 0 radical (unpaired) electrons. The summed E-state index contributed by atoms with van der Waals surface area (Å²) >= 11 is 0. The van der Waals surface area contributed by atoms with Crippen LogP contribution in [0.3, 0.4) is 0 Å². The number of carboxylic acids is 1. The van der Waals surface area contributed by atoms with Gasteiger partial charge >= 0.3 is 5.97 Å². The third kappa shape index (κ3) is 5.67. The van der Waals surface area contributed by atoms with E-state index in [1.165, 1.54) is 6.07 Å². The number of hydrogen-bond donors (Lipinski definition) is 1. The van der Waals surface area contributed by atoms with E-state index in [9.17, 15) is 9.18 Å². The highest BCUT2D eigenvalue weighted by Crippen LogP contribution is 2.20. The number of halogens is 1. The molecule has 0 spiro atoms. The largest absolute Gasteiger partial charge is 0.492 e. The summed E-state index contributed by atoms with van der Waals surface area (Å²) in [5, 5.41) is 8.92. The fraction of sp³-hybridized carbons (Fsp3) is 0.462. The number of benzene rings is 1. The predicted molar refractivity (Wildman–Crippen MR) is 66.2 cm³/mol. The van der Waals surface area contributed by atoms with Gasteiger partial charge in [0, 0.05) is 26.2 Å². The van der Waals surface area contributed by atoms with E-state index in [-0.39, 0.29) is 17.9 Å². The minimum absolute atomic E-state index is 0.0318. The van der Waals surface area contributed by atoms with E-state index >= 15 is 0 Å². The Morgan fingerprint density at radius 1 is 1.26 bits per heavy atom. The van der Waals surface area contributed by atoms with Crippen LogP contribution in [0.2, 0.25) is 0 Å². The summed E-state index contributed by atoms with van der Waals surface area (Å²) in [4.78, 5) is 10.9. The van der Waals surface area contributed by atoms with Crippen LogP contribution in [-0.4, -0.2) is 44.6 Å². The SMILES string of the molecule is COCCOCCCOc1cc(F)ccc1C(=O)O. The molecule has 0 aliphatic carbocycles. The molecule has 0 aliphatic rings.